The molecular formula is C15H17BrN2O2S. The minimum Gasteiger partial charge on any atom is -0.397 e. The lowest BCUT2D eigenvalue weighted by atomic mass is 10.2. The Balaban J connectivity index is 1.95. The minimum atomic E-state index is 0.0159. The van der Waals surface area contributed by atoms with E-state index in [0.717, 1.165) is 27.5 Å². The number of carbonyl (C=O) groups is 1. The van der Waals surface area contributed by atoms with Crippen molar-refractivity contribution in [2.75, 3.05) is 25.4 Å². The van der Waals surface area contributed by atoms with E-state index in [1.165, 1.54) is 11.3 Å². The van der Waals surface area contributed by atoms with E-state index < -0.39 is 0 Å². The van der Waals surface area contributed by atoms with Crippen LogP contribution in [0.5, 0.6) is 0 Å². The van der Waals surface area contributed by atoms with Crippen LogP contribution in [0, 0.1) is 0 Å². The van der Waals surface area contributed by atoms with Crippen LogP contribution in [0.15, 0.2) is 22.7 Å². The number of nitrogens with zero attached hydrogens (tertiary/aromatic N) is 1. The van der Waals surface area contributed by atoms with Gasteiger partial charge in [-0.25, -0.2) is 0 Å². The average molecular weight is 369 g/mol. The van der Waals surface area contributed by atoms with Crippen LogP contribution in [-0.4, -0.2) is 36.6 Å². The van der Waals surface area contributed by atoms with Gasteiger partial charge in [-0.3, -0.25) is 4.79 Å². The molecule has 0 aliphatic carbocycles. The summed E-state index contributed by atoms with van der Waals surface area (Å²) in [6.45, 7) is 4.05. The lowest BCUT2D eigenvalue weighted by Crippen LogP contribution is -2.35. The standard InChI is InChI=1S/C15H17BrN2O2S/c1-9-8-18(5-2-6-20-9)15(19)14-13(17)11-4-3-10(16)7-12(11)21-14/h3-4,7,9H,2,5-6,8,17H2,1H3. The fourth-order valence-electron chi connectivity index (χ4n) is 2.57. The summed E-state index contributed by atoms with van der Waals surface area (Å²) < 4.78 is 7.62. The molecule has 4 nitrogen and oxygen atoms in total. The highest BCUT2D eigenvalue weighted by molar-refractivity contribution is 9.10. The molecule has 0 saturated carbocycles. The van der Waals surface area contributed by atoms with Crippen LogP contribution in [0.2, 0.25) is 0 Å². The first-order chi connectivity index (χ1) is 10.1. The SMILES string of the molecule is CC1CN(C(=O)c2sc3cc(Br)ccc3c2N)CCCO1. The zero-order valence-corrected chi connectivity index (χ0v) is 14.2. The van der Waals surface area contributed by atoms with E-state index in [9.17, 15) is 4.79 Å². The molecule has 2 heterocycles. The third kappa shape index (κ3) is 2.93. The van der Waals surface area contributed by atoms with Crippen LogP contribution >= 0.6 is 27.3 Å². The van der Waals surface area contributed by atoms with Gasteiger partial charge in [0.05, 0.1) is 11.8 Å². The summed E-state index contributed by atoms with van der Waals surface area (Å²) in [6.07, 6.45) is 0.938. The Morgan fingerprint density at radius 2 is 2.33 bits per heavy atom. The number of hydrogen-bond acceptors (Lipinski definition) is 4. The van der Waals surface area contributed by atoms with Crippen LogP contribution in [0.4, 0.5) is 5.69 Å². The topological polar surface area (TPSA) is 55.6 Å². The van der Waals surface area contributed by atoms with E-state index in [1.807, 2.05) is 30.0 Å². The lowest BCUT2D eigenvalue weighted by molar-refractivity contribution is 0.0566. The number of ether oxygens (including phenoxy) is 1. The molecule has 0 spiro atoms. The molecule has 21 heavy (non-hydrogen) atoms. The van der Waals surface area contributed by atoms with E-state index in [0.29, 0.717) is 23.7 Å². The number of thiophene rings is 1. The number of nitrogens with two attached hydrogens (primary N) is 1. The summed E-state index contributed by atoms with van der Waals surface area (Å²) in [5, 5.41) is 0.950. The molecule has 1 aromatic carbocycles. The molecule has 1 unspecified atom stereocenters. The van der Waals surface area contributed by atoms with Crippen molar-refractivity contribution in [3.8, 4) is 0 Å². The van der Waals surface area contributed by atoms with E-state index in [2.05, 4.69) is 15.9 Å². The maximum absolute atomic E-state index is 12.8. The van der Waals surface area contributed by atoms with Crippen LogP contribution in [0.25, 0.3) is 10.1 Å². The lowest BCUT2D eigenvalue weighted by Gasteiger charge is -2.21. The number of benzene rings is 1. The molecule has 1 aromatic heterocycles. The summed E-state index contributed by atoms with van der Waals surface area (Å²) in [5.74, 6) is 0.0159. The average Bonchev–Trinajstić information content (AvgIpc) is 2.63. The normalized spacial score (nSPS) is 19.7. The zero-order valence-electron chi connectivity index (χ0n) is 11.8. The fourth-order valence-corrected chi connectivity index (χ4v) is 4.21. The largest absolute Gasteiger partial charge is 0.397 e. The van der Waals surface area contributed by atoms with Crippen LogP contribution in [-0.2, 0) is 4.74 Å². The molecule has 6 heteroatoms. The fraction of sp³-hybridized carbons (Fsp3) is 0.400. The Morgan fingerprint density at radius 3 is 3.14 bits per heavy atom. The van der Waals surface area contributed by atoms with Crippen LogP contribution in [0.1, 0.15) is 23.0 Å². The van der Waals surface area contributed by atoms with Crippen LogP contribution < -0.4 is 5.73 Å². The van der Waals surface area contributed by atoms with Gasteiger partial charge in [-0.2, -0.15) is 0 Å². The van der Waals surface area contributed by atoms with E-state index in [1.54, 1.807) is 0 Å². The number of carbonyl (C=O) groups excluding carboxylic acids is 1. The van der Waals surface area contributed by atoms with Crippen molar-refractivity contribution in [3.05, 3.63) is 27.5 Å². The van der Waals surface area contributed by atoms with Gasteiger partial charge in [-0.05, 0) is 25.5 Å². The Hall–Kier alpha value is -1.11. The van der Waals surface area contributed by atoms with Crippen molar-refractivity contribution in [1.82, 2.24) is 4.90 Å². The molecule has 2 aromatic rings. The van der Waals surface area contributed by atoms with E-state index >= 15 is 0 Å². The molecule has 1 saturated heterocycles. The quantitative estimate of drug-likeness (QED) is 0.837. The number of amides is 1. The van der Waals surface area contributed by atoms with E-state index in [4.69, 9.17) is 10.5 Å². The van der Waals surface area contributed by atoms with Crippen molar-refractivity contribution in [2.24, 2.45) is 0 Å². The van der Waals surface area contributed by atoms with Gasteiger partial charge in [0.25, 0.3) is 5.91 Å². The van der Waals surface area contributed by atoms with Crippen molar-refractivity contribution in [2.45, 2.75) is 19.4 Å². The summed E-state index contributed by atoms with van der Waals surface area (Å²) >= 11 is 4.91. The molecule has 1 atom stereocenters. The minimum absolute atomic E-state index is 0.0159. The maximum atomic E-state index is 12.8. The summed E-state index contributed by atoms with van der Waals surface area (Å²) in [7, 11) is 0. The highest BCUT2D eigenvalue weighted by Gasteiger charge is 2.25. The van der Waals surface area contributed by atoms with Gasteiger partial charge in [-0.15, -0.1) is 11.3 Å². The van der Waals surface area contributed by atoms with Gasteiger partial charge < -0.3 is 15.4 Å². The van der Waals surface area contributed by atoms with Gasteiger partial charge in [0, 0.05) is 34.3 Å². The third-order valence-corrected chi connectivity index (χ3v) is 5.27. The summed E-state index contributed by atoms with van der Waals surface area (Å²) in [4.78, 5) is 15.3. The second kappa shape index (κ2) is 5.94. The van der Waals surface area contributed by atoms with Crippen molar-refractivity contribution >= 4 is 48.9 Å². The molecule has 0 bridgehead atoms. The number of halogens is 1. The molecule has 1 fully saturated rings. The van der Waals surface area contributed by atoms with Gasteiger partial charge in [0.1, 0.15) is 4.88 Å². The Bertz CT molecular complexity index is 686. The number of nitrogen functional groups attached to an aromatic ring is 1. The van der Waals surface area contributed by atoms with Gasteiger partial charge in [-0.1, -0.05) is 22.0 Å². The highest BCUT2D eigenvalue weighted by atomic mass is 79.9. The summed E-state index contributed by atoms with van der Waals surface area (Å²) in [6, 6.07) is 5.90. The van der Waals surface area contributed by atoms with Gasteiger partial charge in [0.15, 0.2) is 0 Å². The molecule has 0 radical (unpaired) electrons. The Labute approximate surface area is 136 Å². The monoisotopic (exact) mass is 368 g/mol. The predicted molar refractivity (Wildman–Crippen MR) is 89.9 cm³/mol. The Kier molecular flexibility index (Phi) is 4.19. The maximum Gasteiger partial charge on any atom is 0.266 e. The first-order valence-corrected chi connectivity index (χ1v) is 8.55. The van der Waals surface area contributed by atoms with Crippen molar-refractivity contribution in [1.29, 1.82) is 0 Å². The van der Waals surface area contributed by atoms with Gasteiger partial charge >= 0.3 is 0 Å². The Morgan fingerprint density at radius 1 is 1.52 bits per heavy atom. The zero-order chi connectivity index (χ0) is 15.0. The molecule has 1 aliphatic heterocycles. The van der Waals surface area contributed by atoms with Crippen molar-refractivity contribution in [3.63, 3.8) is 0 Å². The summed E-state index contributed by atoms with van der Waals surface area (Å²) in [5.41, 5.74) is 6.77. The number of fused-ring (bicyclic) bond motifs is 1. The number of anilines is 1. The second-order valence-electron chi connectivity index (χ2n) is 5.27. The molecule has 112 valence electrons. The smallest absolute Gasteiger partial charge is 0.266 e. The molecule has 2 N–H and O–H groups in total. The second-order valence-corrected chi connectivity index (χ2v) is 7.24. The molecular weight excluding hydrogens is 352 g/mol. The van der Waals surface area contributed by atoms with Crippen molar-refractivity contribution < 1.29 is 9.53 Å². The van der Waals surface area contributed by atoms with Crippen LogP contribution in [0.3, 0.4) is 0 Å². The number of rotatable bonds is 1. The molecule has 1 amide bonds. The number of hydrogen-bond donors (Lipinski definition) is 1. The van der Waals surface area contributed by atoms with Gasteiger partial charge in [0.2, 0.25) is 0 Å². The third-order valence-electron chi connectivity index (χ3n) is 3.62. The first-order valence-electron chi connectivity index (χ1n) is 6.94. The highest BCUT2D eigenvalue weighted by Crippen LogP contribution is 2.36. The van der Waals surface area contributed by atoms with E-state index in [-0.39, 0.29) is 12.0 Å². The molecule has 1 aliphatic rings. The first kappa shape index (κ1) is 14.8. The molecule has 3 rings (SSSR count). The predicted octanol–water partition coefficient (Wildman–Crippen LogP) is 3.50.